The minimum absolute atomic E-state index is 0.0405. The number of hydrogen-bond acceptors (Lipinski definition) is 9. The number of carbonyl (C=O) groups is 5. The van der Waals surface area contributed by atoms with E-state index in [0.29, 0.717) is 0 Å². The third-order valence-corrected chi connectivity index (χ3v) is 5.30. The van der Waals surface area contributed by atoms with Crippen molar-refractivity contribution in [2.24, 2.45) is 0 Å². The van der Waals surface area contributed by atoms with Gasteiger partial charge in [-0.2, -0.15) is 0 Å². The van der Waals surface area contributed by atoms with Crippen LogP contribution in [0, 0.1) is 0 Å². The molecule has 2 aliphatic heterocycles. The van der Waals surface area contributed by atoms with E-state index in [-0.39, 0.29) is 47.5 Å². The van der Waals surface area contributed by atoms with Crippen molar-refractivity contribution in [3.8, 4) is 5.75 Å². The van der Waals surface area contributed by atoms with Crippen molar-refractivity contribution in [1.29, 1.82) is 0 Å². The fourth-order valence-corrected chi connectivity index (χ4v) is 3.76. The van der Waals surface area contributed by atoms with Gasteiger partial charge in [-0.25, -0.2) is 4.79 Å². The number of aliphatic hydroxyl groups is 1. The predicted octanol–water partition coefficient (Wildman–Crippen LogP) is -0.0111. The molecule has 4 amide bonds. The minimum atomic E-state index is -1.23. The third-order valence-electron chi connectivity index (χ3n) is 5.30. The SMILES string of the molecule is Nc1ccc2c(c1OC(=O)c1ccncc1)C(=O)N(C1CCC(=O)N(CCO)C1=O)C2=O. The molecule has 1 aromatic heterocycles. The van der Waals surface area contributed by atoms with Crippen LogP contribution in [0.3, 0.4) is 0 Å². The van der Waals surface area contributed by atoms with Crippen molar-refractivity contribution in [3.63, 3.8) is 0 Å². The maximum absolute atomic E-state index is 13.2. The molecule has 0 spiro atoms. The van der Waals surface area contributed by atoms with Crippen molar-refractivity contribution in [2.75, 3.05) is 18.9 Å². The standard InChI is InChI=1S/C21H18N4O7/c22-13-2-1-12-16(17(13)32-21(31)11-5-7-23-8-6-11)20(30)25(18(12)28)14-3-4-15(27)24(9-10-26)19(14)29/h1-2,5-8,14,26H,3-4,9-10,22H2. The van der Waals surface area contributed by atoms with Crippen LogP contribution in [0.25, 0.3) is 0 Å². The van der Waals surface area contributed by atoms with Gasteiger partial charge in [-0.05, 0) is 30.7 Å². The molecule has 0 radical (unpaired) electrons. The number of nitrogen functional groups attached to an aromatic ring is 1. The molecule has 0 bridgehead atoms. The van der Waals surface area contributed by atoms with Gasteiger partial charge >= 0.3 is 5.97 Å². The first-order valence-electron chi connectivity index (χ1n) is 9.72. The lowest BCUT2D eigenvalue weighted by Gasteiger charge is -2.34. The van der Waals surface area contributed by atoms with Gasteiger partial charge in [-0.3, -0.25) is 34.0 Å². The number of β-amino-alcohol motifs (C(OH)–C–C–N with tert-alkyl or cyclic N) is 1. The molecule has 3 heterocycles. The van der Waals surface area contributed by atoms with Gasteiger partial charge in [-0.1, -0.05) is 0 Å². The number of rotatable bonds is 5. The molecule has 4 rings (SSSR count). The van der Waals surface area contributed by atoms with Crippen LogP contribution in [0.1, 0.15) is 43.9 Å². The summed E-state index contributed by atoms with van der Waals surface area (Å²) in [4.78, 5) is 69.0. The van der Waals surface area contributed by atoms with E-state index in [0.717, 1.165) is 9.80 Å². The van der Waals surface area contributed by atoms with Crippen LogP contribution in [-0.2, 0) is 9.59 Å². The van der Waals surface area contributed by atoms with Gasteiger partial charge in [0.15, 0.2) is 5.75 Å². The number of amides is 4. The fraction of sp³-hybridized carbons (Fsp3) is 0.238. The number of aliphatic hydroxyl groups excluding tert-OH is 1. The number of likely N-dealkylation sites (tertiary alicyclic amines) is 1. The van der Waals surface area contributed by atoms with Crippen LogP contribution in [-0.4, -0.2) is 68.7 Å². The van der Waals surface area contributed by atoms with E-state index in [4.69, 9.17) is 15.6 Å². The van der Waals surface area contributed by atoms with Crippen molar-refractivity contribution >= 4 is 35.3 Å². The Hall–Kier alpha value is -4.12. The zero-order valence-electron chi connectivity index (χ0n) is 16.7. The highest BCUT2D eigenvalue weighted by atomic mass is 16.5. The van der Waals surface area contributed by atoms with Crippen LogP contribution < -0.4 is 10.5 Å². The summed E-state index contributed by atoms with van der Waals surface area (Å²) in [6.45, 7) is -0.683. The minimum Gasteiger partial charge on any atom is -0.420 e. The highest BCUT2D eigenvalue weighted by Gasteiger charge is 2.48. The molecular weight excluding hydrogens is 420 g/mol. The Morgan fingerprint density at radius 2 is 1.84 bits per heavy atom. The van der Waals surface area contributed by atoms with E-state index in [1.54, 1.807) is 0 Å². The molecule has 11 heteroatoms. The number of carbonyl (C=O) groups excluding carboxylic acids is 5. The number of imide groups is 2. The number of piperidine rings is 1. The van der Waals surface area contributed by atoms with Gasteiger partial charge in [0.25, 0.3) is 17.7 Å². The lowest BCUT2D eigenvalue weighted by molar-refractivity contribution is -0.152. The number of nitrogens with two attached hydrogens (primary N) is 1. The second-order valence-electron chi connectivity index (χ2n) is 7.17. The topological polar surface area (TPSA) is 160 Å². The lowest BCUT2D eigenvalue weighted by Crippen LogP contribution is -2.56. The Labute approximate surface area is 181 Å². The number of hydrogen-bond donors (Lipinski definition) is 2. The zero-order valence-corrected chi connectivity index (χ0v) is 16.7. The maximum atomic E-state index is 13.2. The van der Waals surface area contributed by atoms with Crippen molar-refractivity contribution in [2.45, 2.75) is 18.9 Å². The molecule has 0 saturated carbocycles. The molecule has 0 aliphatic carbocycles. The second kappa shape index (κ2) is 8.19. The number of ether oxygens (including phenoxy) is 1. The normalized spacial score (nSPS) is 18.2. The van der Waals surface area contributed by atoms with Gasteiger partial charge in [-0.15, -0.1) is 0 Å². The summed E-state index contributed by atoms with van der Waals surface area (Å²) in [7, 11) is 0. The molecule has 32 heavy (non-hydrogen) atoms. The lowest BCUT2D eigenvalue weighted by atomic mass is 10.0. The number of nitrogens with zero attached hydrogens (tertiary/aromatic N) is 3. The highest BCUT2D eigenvalue weighted by Crippen LogP contribution is 2.38. The molecule has 2 aromatic rings. The van der Waals surface area contributed by atoms with Gasteiger partial charge < -0.3 is 15.6 Å². The monoisotopic (exact) mass is 438 g/mol. The molecule has 1 fully saturated rings. The molecule has 1 unspecified atom stereocenters. The number of anilines is 1. The van der Waals surface area contributed by atoms with Gasteiger partial charge in [0.1, 0.15) is 6.04 Å². The number of pyridine rings is 1. The van der Waals surface area contributed by atoms with Crippen LogP contribution >= 0.6 is 0 Å². The van der Waals surface area contributed by atoms with E-state index in [1.165, 1.54) is 36.7 Å². The molecule has 1 atom stereocenters. The van der Waals surface area contributed by atoms with E-state index >= 15 is 0 Å². The van der Waals surface area contributed by atoms with E-state index in [1.807, 2.05) is 0 Å². The van der Waals surface area contributed by atoms with Crippen molar-refractivity contribution < 1.29 is 33.8 Å². The van der Waals surface area contributed by atoms with Crippen molar-refractivity contribution in [1.82, 2.24) is 14.8 Å². The first-order valence-corrected chi connectivity index (χ1v) is 9.72. The molecule has 3 N–H and O–H groups in total. The van der Waals surface area contributed by atoms with Crippen LogP contribution in [0.15, 0.2) is 36.7 Å². The molecule has 11 nitrogen and oxygen atoms in total. The van der Waals surface area contributed by atoms with Gasteiger partial charge in [0.05, 0.1) is 35.5 Å². The summed E-state index contributed by atoms with van der Waals surface area (Å²) in [6.07, 6.45) is 2.66. The average Bonchev–Trinajstić information content (AvgIpc) is 3.04. The van der Waals surface area contributed by atoms with E-state index < -0.39 is 42.2 Å². The van der Waals surface area contributed by atoms with Crippen LogP contribution in [0.2, 0.25) is 0 Å². The number of fused-ring (bicyclic) bond motifs is 1. The second-order valence-corrected chi connectivity index (χ2v) is 7.17. The van der Waals surface area contributed by atoms with E-state index in [9.17, 15) is 24.0 Å². The van der Waals surface area contributed by atoms with Crippen molar-refractivity contribution in [3.05, 3.63) is 53.3 Å². The predicted molar refractivity (Wildman–Crippen MR) is 107 cm³/mol. The summed E-state index contributed by atoms with van der Waals surface area (Å²) in [5.41, 5.74) is 5.76. The Kier molecular flexibility index (Phi) is 5.41. The molecule has 1 saturated heterocycles. The molecule has 2 aliphatic rings. The Morgan fingerprint density at radius 1 is 1.12 bits per heavy atom. The summed E-state index contributed by atoms with van der Waals surface area (Å²) in [5.74, 6) is -3.95. The fourth-order valence-electron chi connectivity index (χ4n) is 3.76. The summed E-state index contributed by atoms with van der Waals surface area (Å²) in [5, 5.41) is 9.14. The first-order chi connectivity index (χ1) is 15.3. The first kappa shape index (κ1) is 21.1. The molecular formula is C21H18N4O7. The summed E-state index contributed by atoms with van der Waals surface area (Å²) in [6, 6.07) is 4.24. The number of aromatic nitrogens is 1. The smallest absolute Gasteiger partial charge is 0.343 e. The Bertz CT molecular complexity index is 1150. The van der Waals surface area contributed by atoms with Gasteiger partial charge in [0, 0.05) is 18.8 Å². The third kappa shape index (κ3) is 3.38. The molecule has 1 aromatic carbocycles. The number of esters is 1. The maximum Gasteiger partial charge on any atom is 0.343 e. The summed E-state index contributed by atoms with van der Waals surface area (Å²) >= 11 is 0. The van der Waals surface area contributed by atoms with Gasteiger partial charge in [0.2, 0.25) is 5.91 Å². The Morgan fingerprint density at radius 3 is 2.53 bits per heavy atom. The quantitative estimate of drug-likeness (QED) is 0.283. The highest BCUT2D eigenvalue weighted by molar-refractivity contribution is 6.25. The van der Waals surface area contributed by atoms with Crippen LogP contribution in [0.5, 0.6) is 5.75 Å². The average molecular weight is 438 g/mol. The van der Waals surface area contributed by atoms with E-state index in [2.05, 4.69) is 4.98 Å². The Balaban J connectivity index is 1.68. The molecule has 164 valence electrons. The number of benzene rings is 1. The van der Waals surface area contributed by atoms with Crippen LogP contribution in [0.4, 0.5) is 5.69 Å². The zero-order chi connectivity index (χ0) is 23.0. The summed E-state index contributed by atoms with van der Waals surface area (Å²) < 4.78 is 5.36. The largest absolute Gasteiger partial charge is 0.420 e.